The predicted molar refractivity (Wildman–Crippen MR) is 90.0 cm³/mol. The van der Waals surface area contributed by atoms with E-state index in [1.165, 1.54) is 23.1 Å². The van der Waals surface area contributed by atoms with Crippen LogP contribution in [0.2, 0.25) is 0 Å². The first-order valence-electron chi connectivity index (χ1n) is 8.09. The quantitative estimate of drug-likeness (QED) is 0.922. The van der Waals surface area contributed by atoms with Gasteiger partial charge in [0.05, 0.1) is 25.3 Å². The van der Waals surface area contributed by atoms with Gasteiger partial charge < -0.3 is 19.5 Å². The molecule has 6 heteroatoms. The molecule has 0 saturated carbocycles. The van der Waals surface area contributed by atoms with E-state index in [9.17, 15) is 14.3 Å². The van der Waals surface area contributed by atoms with E-state index in [4.69, 9.17) is 9.47 Å². The summed E-state index contributed by atoms with van der Waals surface area (Å²) in [5, 5.41) is 10.8. The number of hydrogen-bond donors (Lipinski definition) is 1. The summed E-state index contributed by atoms with van der Waals surface area (Å²) >= 11 is 0. The third kappa shape index (κ3) is 4.35. The molecule has 0 aliphatic carbocycles. The van der Waals surface area contributed by atoms with E-state index in [1.807, 2.05) is 18.2 Å². The van der Waals surface area contributed by atoms with E-state index in [0.29, 0.717) is 5.75 Å². The number of β-amino-alcohol motifs (C(OH)–C–C–N with tert-alkyl or cyclic N) is 1. The van der Waals surface area contributed by atoms with Crippen molar-refractivity contribution in [1.82, 2.24) is 4.90 Å². The van der Waals surface area contributed by atoms with Crippen molar-refractivity contribution >= 4 is 5.91 Å². The number of hydrogen-bond acceptors (Lipinski definition) is 4. The maximum Gasteiger partial charge on any atom is 0.257 e. The van der Waals surface area contributed by atoms with Crippen molar-refractivity contribution in [2.45, 2.75) is 5.60 Å². The van der Waals surface area contributed by atoms with Gasteiger partial charge in [-0.2, -0.15) is 0 Å². The smallest absolute Gasteiger partial charge is 0.257 e. The fraction of sp³-hybridized carbons (Fsp3) is 0.316. The number of carbonyl (C=O) groups excluding carboxylic acids is 1. The Hall–Kier alpha value is -2.44. The maximum atomic E-state index is 13.9. The van der Waals surface area contributed by atoms with E-state index >= 15 is 0 Å². The standard InChI is InChI=1S/C19H20FNO4/c20-17-9-5-4-8-16(17)18(22)21-10-11-24-13-19(23,12-21)14-25-15-6-2-1-3-7-15/h1-9,23H,10-14H2. The van der Waals surface area contributed by atoms with E-state index < -0.39 is 17.3 Å². The molecule has 2 aromatic rings. The van der Waals surface area contributed by atoms with E-state index in [2.05, 4.69) is 0 Å². The zero-order valence-corrected chi connectivity index (χ0v) is 13.7. The highest BCUT2D eigenvalue weighted by Gasteiger charge is 2.36. The molecule has 1 N–H and O–H groups in total. The van der Waals surface area contributed by atoms with E-state index in [-0.39, 0.29) is 38.5 Å². The highest BCUT2D eigenvalue weighted by Crippen LogP contribution is 2.19. The summed E-state index contributed by atoms with van der Waals surface area (Å²) in [5.41, 5.74) is -1.39. The fourth-order valence-corrected chi connectivity index (χ4v) is 2.72. The van der Waals surface area contributed by atoms with E-state index in [1.54, 1.807) is 18.2 Å². The number of rotatable bonds is 4. The molecule has 5 nitrogen and oxygen atoms in total. The van der Waals surface area contributed by atoms with Gasteiger partial charge in [-0.1, -0.05) is 30.3 Å². The number of ether oxygens (including phenoxy) is 2. The van der Waals surface area contributed by atoms with Crippen LogP contribution in [0.3, 0.4) is 0 Å². The molecule has 0 spiro atoms. The Bertz CT molecular complexity index is 724. The molecule has 3 rings (SSSR count). The lowest BCUT2D eigenvalue weighted by atomic mass is 10.1. The Labute approximate surface area is 145 Å². The van der Waals surface area contributed by atoms with Crippen molar-refractivity contribution in [3.8, 4) is 5.75 Å². The number of carbonyl (C=O) groups is 1. The van der Waals surface area contributed by atoms with Crippen molar-refractivity contribution in [3.63, 3.8) is 0 Å². The monoisotopic (exact) mass is 345 g/mol. The van der Waals surface area contributed by atoms with Crippen LogP contribution in [0.4, 0.5) is 4.39 Å². The van der Waals surface area contributed by atoms with Crippen LogP contribution in [0, 0.1) is 5.82 Å². The van der Waals surface area contributed by atoms with Crippen LogP contribution in [-0.2, 0) is 4.74 Å². The molecule has 1 aliphatic rings. The van der Waals surface area contributed by atoms with Crippen molar-refractivity contribution in [1.29, 1.82) is 0 Å². The lowest BCUT2D eigenvalue weighted by molar-refractivity contribution is -0.0621. The average Bonchev–Trinajstić information content (AvgIpc) is 2.83. The fourth-order valence-electron chi connectivity index (χ4n) is 2.72. The summed E-state index contributed by atoms with van der Waals surface area (Å²) in [4.78, 5) is 14.0. The van der Waals surface area contributed by atoms with Crippen LogP contribution in [0.1, 0.15) is 10.4 Å². The minimum absolute atomic E-state index is 0.00695. The Morgan fingerprint density at radius 2 is 1.92 bits per heavy atom. The summed E-state index contributed by atoms with van der Waals surface area (Å²) in [6, 6.07) is 14.9. The zero-order chi connectivity index (χ0) is 17.7. The third-order valence-electron chi connectivity index (χ3n) is 4.00. The van der Waals surface area contributed by atoms with Crippen LogP contribution in [-0.4, -0.2) is 54.4 Å². The summed E-state index contributed by atoms with van der Waals surface area (Å²) in [5.74, 6) is -0.435. The summed E-state index contributed by atoms with van der Waals surface area (Å²) in [6.07, 6.45) is 0. The van der Waals surface area contributed by atoms with Gasteiger partial charge in [0.1, 0.15) is 23.8 Å². The van der Waals surface area contributed by atoms with Gasteiger partial charge in [-0.25, -0.2) is 4.39 Å². The van der Waals surface area contributed by atoms with Gasteiger partial charge in [0, 0.05) is 6.54 Å². The second kappa shape index (κ2) is 7.63. The summed E-state index contributed by atoms with van der Waals surface area (Å²) in [7, 11) is 0. The Morgan fingerprint density at radius 1 is 1.20 bits per heavy atom. The molecule has 0 radical (unpaired) electrons. The number of benzene rings is 2. The summed E-state index contributed by atoms with van der Waals surface area (Å²) < 4.78 is 24.9. The summed E-state index contributed by atoms with van der Waals surface area (Å²) in [6.45, 7) is 0.570. The lowest BCUT2D eigenvalue weighted by Crippen LogP contribution is -2.50. The molecule has 1 heterocycles. The largest absolute Gasteiger partial charge is 0.490 e. The van der Waals surface area contributed by atoms with Crippen LogP contribution >= 0.6 is 0 Å². The number of amides is 1. The predicted octanol–water partition coefficient (Wildman–Crippen LogP) is 2.11. The molecule has 1 atom stereocenters. The van der Waals surface area contributed by atoms with Crippen LogP contribution < -0.4 is 4.74 Å². The zero-order valence-electron chi connectivity index (χ0n) is 13.7. The topological polar surface area (TPSA) is 59.0 Å². The Balaban J connectivity index is 1.71. The number of halogens is 1. The molecule has 1 saturated heterocycles. The molecule has 2 aromatic carbocycles. The Morgan fingerprint density at radius 3 is 2.68 bits per heavy atom. The van der Waals surface area contributed by atoms with Gasteiger partial charge in [0.15, 0.2) is 0 Å². The molecule has 1 amide bonds. The van der Waals surface area contributed by atoms with Gasteiger partial charge in [-0.15, -0.1) is 0 Å². The van der Waals surface area contributed by atoms with Gasteiger partial charge in [-0.05, 0) is 24.3 Å². The first-order chi connectivity index (χ1) is 12.1. The third-order valence-corrected chi connectivity index (χ3v) is 4.00. The molecule has 0 aromatic heterocycles. The SMILES string of the molecule is O=C(c1ccccc1F)N1CCOCC(O)(COc2ccccc2)C1. The number of aliphatic hydroxyl groups is 1. The lowest BCUT2D eigenvalue weighted by Gasteiger charge is -2.30. The van der Waals surface area contributed by atoms with Crippen molar-refractivity contribution in [2.75, 3.05) is 32.9 Å². The van der Waals surface area contributed by atoms with Gasteiger partial charge in [0.25, 0.3) is 5.91 Å². The molecule has 1 fully saturated rings. The molecule has 132 valence electrons. The molecule has 0 bridgehead atoms. The minimum Gasteiger partial charge on any atom is -0.490 e. The first-order valence-corrected chi connectivity index (χ1v) is 8.09. The van der Waals surface area contributed by atoms with Crippen molar-refractivity contribution < 1.29 is 23.8 Å². The average molecular weight is 345 g/mol. The maximum absolute atomic E-state index is 13.9. The van der Waals surface area contributed by atoms with Crippen LogP contribution in [0.5, 0.6) is 5.75 Å². The molecular weight excluding hydrogens is 325 g/mol. The Kier molecular flexibility index (Phi) is 5.31. The number of para-hydroxylation sites is 1. The van der Waals surface area contributed by atoms with Crippen molar-refractivity contribution in [3.05, 3.63) is 66.0 Å². The van der Waals surface area contributed by atoms with Gasteiger partial charge >= 0.3 is 0 Å². The molecule has 1 unspecified atom stereocenters. The molecule has 1 aliphatic heterocycles. The highest BCUT2D eigenvalue weighted by molar-refractivity contribution is 5.94. The minimum atomic E-state index is -1.37. The normalized spacial score (nSPS) is 20.8. The second-order valence-electron chi connectivity index (χ2n) is 6.09. The van der Waals surface area contributed by atoms with Crippen LogP contribution in [0.15, 0.2) is 54.6 Å². The molecular formula is C19H20FNO4. The van der Waals surface area contributed by atoms with Crippen LogP contribution in [0.25, 0.3) is 0 Å². The molecule has 25 heavy (non-hydrogen) atoms. The number of nitrogens with zero attached hydrogens (tertiary/aromatic N) is 1. The first kappa shape index (κ1) is 17.4. The highest BCUT2D eigenvalue weighted by atomic mass is 19.1. The second-order valence-corrected chi connectivity index (χ2v) is 6.09. The van der Waals surface area contributed by atoms with Gasteiger partial charge in [0.2, 0.25) is 0 Å². The van der Waals surface area contributed by atoms with Gasteiger partial charge in [-0.3, -0.25) is 4.79 Å². The van der Waals surface area contributed by atoms with Crippen molar-refractivity contribution in [2.24, 2.45) is 0 Å². The van der Waals surface area contributed by atoms with E-state index in [0.717, 1.165) is 0 Å².